The van der Waals surface area contributed by atoms with Crippen molar-refractivity contribution >= 4 is 10.0 Å². The molecule has 0 spiro atoms. The predicted molar refractivity (Wildman–Crippen MR) is 80.1 cm³/mol. The molecule has 2 rings (SSSR count). The van der Waals surface area contributed by atoms with Gasteiger partial charge in [-0.25, -0.2) is 13.1 Å². The smallest absolute Gasteiger partial charge is 0.241 e. The number of hydrogen-bond donors (Lipinski definition) is 2. The normalized spacial score (nSPS) is 11.6. The number of rotatable bonds is 5. The summed E-state index contributed by atoms with van der Waals surface area (Å²) in [4.78, 5) is 4.32. The molecular weight excluding hydrogens is 288 g/mol. The van der Waals surface area contributed by atoms with Crippen molar-refractivity contribution in [3.8, 4) is 0 Å². The Morgan fingerprint density at radius 1 is 1.19 bits per heavy atom. The Hall–Kier alpha value is -1.76. The maximum atomic E-state index is 12.3. The Balaban J connectivity index is 2.21. The average Bonchev–Trinajstić information content (AvgIpc) is 2.47. The highest BCUT2D eigenvalue weighted by Gasteiger charge is 2.17. The topological polar surface area (TPSA) is 79.3 Å². The highest BCUT2D eigenvalue weighted by atomic mass is 32.2. The number of pyridine rings is 1. The summed E-state index contributed by atoms with van der Waals surface area (Å²) in [7, 11) is -3.62. The van der Waals surface area contributed by atoms with Crippen molar-refractivity contribution in [1.29, 1.82) is 0 Å². The molecule has 2 N–H and O–H groups in total. The third-order valence-electron chi connectivity index (χ3n) is 3.30. The Morgan fingerprint density at radius 3 is 2.57 bits per heavy atom. The molecule has 6 heteroatoms. The van der Waals surface area contributed by atoms with E-state index in [4.69, 9.17) is 0 Å². The second kappa shape index (κ2) is 6.34. The number of aliphatic hydroxyl groups is 1. The first-order chi connectivity index (χ1) is 9.94. The number of hydrogen-bond acceptors (Lipinski definition) is 4. The number of aryl methyl sites for hydroxylation is 1. The first-order valence-corrected chi connectivity index (χ1v) is 8.03. The zero-order valence-electron chi connectivity index (χ0n) is 12.0. The summed E-state index contributed by atoms with van der Waals surface area (Å²) in [5.74, 6) is 0. The quantitative estimate of drug-likeness (QED) is 0.880. The number of aromatic nitrogens is 1. The summed E-state index contributed by atoms with van der Waals surface area (Å²) < 4.78 is 27.3. The summed E-state index contributed by atoms with van der Waals surface area (Å²) in [5, 5.41) is 9.22. The third kappa shape index (κ3) is 3.66. The fourth-order valence-electron chi connectivity index (χ4n) is 1.98. The van der Waals surface area contributed by atoms with E-state index in [1.807, 2.05) is 19.1 Å². The molecular formula is C15H18N2O3S. The Labute approximate surface area is 124 Å². The van der Waals surface area contributed by atoms with Crippen LogP contribution in [0.25, 0.3) is 0 Å². The molecule has 0 atom stereocenters. The van der Waals surface area contributed by atoms with Crippen LogP contribution in [0.1, 0.15) is 22.4 Å². The lowest BCUT2D eigenvalue weighted by molar-refractivity contribution is 0.280. The van der Waals surface area contributed by atoms with Crippen molar-refractivity contribution in [3.63, 3.8) is 0 Å². The van der Waals surface area contributed by atoms with Gasteiger partial charge in [0.05, 0.1) is 11.5 Å². The third-order valence-corrected chi connectivity index (χ3v) is 4.84. The minimum atomic E-state index is -3.62. The molecule has 0 aliphatic heterocycles. The fraction of sp³-hybridized carbons (Fsp3) is 0.267. The predicted octanol–water partition coefficient (Wildman–Crippen LogP) is 1.67. The summed E-state index contributed by atoms with van der Waals surface area (Å²) >= 11 is 0. The molecule has 0 aliphatic carbocycles. The molecule has 21 heavy (non-hydrogen) atoms. The van der Waals surface area contributed by atoms with Gasteiger partial charge >= 0.3 is 0 Å². The lowest BCUT2D eigenvalue weighted by Crippen LogP contribution is -2.24. The molecule has 0 bridgehead atoms. The van der Waals surface area contributed by atoms with Crippen LogP contribution < -0.4 is 4.72 Å². The van der Waals surface area contributed by atoms with Crippen molar-refractivity contribution in [2.24, 2.45) is 0 Å². The molecule has 0 radical (unpaired) electrons. The molecule has 0 unspecified atom stereocenters. The highest BCUT2D eigenvalue weighted by molar-refractivity contribution is 7.89. The number of aliphatic hydroxyl groups excluding tert-OH is 1. The first kappa shape index (κ1) is 15.6. The summed E-state index contributed by atoms with van der Waals surface area (Å²) in [5.41, 5.74) is 2.85. The standard InChI is InChI=1S/C15H18N2O3S/c1-11-6-7-13(8-16-11)9-17-21(19,20)15-5-3-4-14(10-18)12(15)2/h3-8,17-18H,9-10H2,1-2H3. The van der Waals surface area contributed by atoms with E-state index in [9.17, 15) is 13.5 Å². The molecule has 0 saturated carbocycles. The molecule has 0 fully saturated rings. The lowest BCUT2D eigenvalue weighted by atomic mass is 10.1. The summed E-state index contributed by atoms with van der Waals surface area (Å²) in [6, 6.07) is 8.53. The Kier molecular flexibility index (Phi) is 4.72. The van der Waals surface area contributed by atoms with Gasteiger partial charge < -0.3 is 5.11 Å². The summed E-state index contributed by atoms with van der Waals surface area (Å²) in [6.07, 6.45) is 1.65. The van der Waals surface area contributed by atoms with Gasteiger partial charge in [-0.05, 0) is 42.7 Å². The van der Waals surface area contributed by atoms with Gasteiger partial charge in [-0.15, -0.1) is 0 Å². The van der Waals surface area contributed by atoms with Crippen LogP contribution in [0.5, 0.6) is 0 Å². The second-order valence-corrected chi connectivity index (χ2v) is 6.57. The molecule has 0 saturated heterocycles. The fourth-order valence-corrected chi connectivity index (χ4v) is 3.29. The zero-order valence-corrected chi connectivity index (χ0v) is 12.8. The van der Waals surface area contributed by atoms with Crippen LogP contribution in [0.4, 0.5) is 0 Å². The van der Waals surface area contributed by atoms with E-state index in [1.165, 1.54) is 6.07 Å². The largest absolute Gasteiger partial charge is 0.392 e. The van der Waals surface area contributed by atoms with E-state index < -0.39 is 10.0 Å². The van der Waals surface area contributed by atoms with Crippen LogP contribution >= 0.6 is 0 Å². The molecule has 0 aliphatic rings. The van der Waals surface area contributed by atoms with Crippen molar-refractivity contribution in [2.75, 3.05) is 0 Å². The van der Waals surface area contributed by atoms with E-state index in [0.29, 0.717) is 11.1 Å². The molecule has 112 valence electrons. The zero-order chi connectivity index (χ0) is 15.5. The number of benzene rings is 1. The van der Waals surface area contributed by atoms with E-state index in [-0.39, 0.29) is 18.0 Å². The highest BCUT2D eigenvalue weighted by Crippen LogP contribution is 2.19. The Morgan fingerprint density at radius 2 is 1.95 bits per heavy atom. The van der Waals surface area contributed by atoms with E-state index in [0.717, 1.165) is 11.3 Å². The van der Waals surface area contributed by atoms with Crippen molar-refractivity contribution in [1.82, 2.24) is 9.71 Å². The van der Waals surface area contributed by atoms with Crippen LogP contribution in [-0.4, -0.2) is 18.5 Å². The van der Waals surface area contributed by atoms with Crippen molar-refractivity contribution < 1.29 is 13.5 Å². The second-order valence-electron chi connectivity index (χ2n) is 4.83. The maximum Gasteiger partial charge on any atom is 0.241 e. The van der Waals surface area contributed by atoms with Crippen LogP contribution in [-0.2, 0) is 23.2 Å². The molecule has 2 aromatic rings. The van der Waals surface area contributed by atoms with Crippen LogP contribution in [0.2, 0.25) is 0 Å². The van der Waals surface area contributed by atoms with Crippen LogP contribution in [0, 0.1) is 13.8 Å². The van der Waals surface area contributed by atoms with Gasteiger partial charge in [-0.2, -0.15) is 0 Å². The average molecular weight is 306 g/mol. The number of nitrogens with zero attached hydrogens (tertiary/aromatic N) is 1. The van der Waals surface area contributed by atoms with Gasteiger partial charge in [0.15, 0.2) is 0 Å². The van der Waals surface area contributed by atoms with Crippen LogP contribution in [0.3, 0.4) is 0 Å². The first-order valence-electron chi connectivity index (χ1n) is 6.54. The Bertz CT molecular complexity index is 725. The van der Waals surface area contributed by atoms with Gasteiger partial charge in [-0.1, -0.05) is 18.2 Å². The number of nitrogens with one attached hydrogen (secondary N) is 1. The minimum absolute atomic E-state index is 0.179. The molecule has 5 nitrogen and oxygen atoms in total. The summed E-state index contributed by atoms with van der Waals surface area (Å²) in [6.45, 7) is 3.56. The molecule has 1 aromatic heterocycles. The van der Waals surface area contributed by atoms with Gasteiger partial charge in [-0.3, -0.25) is 4.98 Å². The number of sulfonamides is 1. The maximum absolute atomic E-state index is 12.3. The van der Waals surface area contributed by atoms with Gasteiger partial charge in [0.2, 0.25) is 10.0 Å². The van der Waals surface area contributed by atoms with Crippen molar-refractivity contribution in [2.45, 2.75) is 31.9 Å². The van der Waals surface area contributed by atoms with E-state index in [1.54, 1.807) is 25.3 Å². The minimum Gasteiger partial charge on any atom is -0.392 e. The SMILES string of the molecule is Cc1ccc(CNS(=O)(=O)c2cccc(CO)c2C)cn1. The molecule has 0 amide bonds. The van der Waals surface area contributed by atoms with Gasteiger partial charge in [0.25, 0.3) is 0 Å². The van der Waals surface area contributed by atoms with E-state index in [2.05, 4.69) is 9.71 Å². The lowest BCUT2D eigenvalue weighted by Gasteiger charge is -2.11. The molecule has 1 aromatic carbocycles. The van der Waals surface area contributed by atoms with Gasteiger partial charge in [0, 0.05) is 18.4 Å². The van der Waals surface area contributed by atoms with Gasteiger partial charge in [0.1, 0.15) is 0 Å². The van der Waals surface area contributed by atoms with E-state index >= 15 is 0 Å². The molecule has 1 heterocycles. The van der Waals surface area contributed by atoms with Crippen LogP contribution in [0.15, 0.2) is 41.4 Å². The monoisotopic (exact) mass is 306 g/mol. The van der Waals surface area contributed by atoms with Crippen molar-refractivity contribution in [3.05, 3.63) is 58.9 Å².